The van der Waals surface area contributed by atoms with Gasteiger partial charge in [0.15, 0.2) is 0 Å². The van der Waals surface area contributed by atoms with Crippen LogP contribution in [-0.2, 0) is 11.2 Å². The van der Waals surface area contributed by atoms with Crippen LogP contribution in [0.2, 0.25) is 5.02 Å². The van der Waals surface area contributed by atoms with E-state index in [1.165, 1.54) is 17.8 Å². The lowest BCUT2D eigenvalue weighted by molar-refractivity contribution is -0.116. The largest absolute Gasteiger partial charge is 0.298 e. The molecule has 0 bridgehead atoms. The van der Waals surface area contributed by atoms with Gasteiger partial charge in [-0.1, -0.05) is 35.9 Å². The van der Waals surface area contributed by atoms with E-state index in [1.807, 2.05) is 18.2 Å². The number of rotatable bonds is 5. The Hall–Kier alpha value is -0.840. The van der Waals surface area contributed by atoms with Crippen LogP contribution in [0.5, 0.6) is 0 Å². The Balaban J connectivity index is 1.96. The number of carbonyl (C=O) groups is 1. The van der Waals surface area contributed by atoms with Gasteiger partial charge in [0, 0.05) is 11.3 Å². The molecule has 104 valence electrons. The molecule has 2 aromatic carbocycles. The molecule has 2 aromatic rings. The van der Waals surface area contributed by atoms with Crippen LogP contribution in [0, 0.1) is 5.82 Å². The molecule has 1 nitrogen and oxygen atoms in total. The van der Waals surface area contributed by atoms with E-state index in [2.05, 4.69) is 15.9 Å². The Morgan fingerprint density at radius 1 is 1.20 bits per heavy atom. The number of thioether (sulfide) groups is 1. The maximum atomic E-state index is 13.4. The summed E-state index contributed by atoms with van der Waals surface area (Å²) >= 11 is 10.6. The molecule has 0 aliphatic heterocycles. The average Bonchev–Trinajstić information content (AvgIpc) is 2.43. The highest BCUT2D eigenvalue weighted by Crippen LogP contribution is 2.27. The maximum absolute atomic E-state index is 13.4. The highest BCUT2D eigenvalue weighted by Gasteiger charge is 2.11. The van der Waals surface area contributed by atoms with E-state index in [4.69, 9.17) is 11.6 Å². The van der Waals surface area contributed by atoms with Gasteiger partial charge in [0.05, 0.1) is 15.2 Å². The lowest BCUT2D eigenvalue weighted by Crippen LogP contribution is -2.06. The normalized spacial score (nSPS) is 10.6. The minimum Gasteiger partial charge on any atom is -0.298 e. The van der Waals surface area contributed by atoms with Crippen molar-refractivity contribution in [2.45, 2.75) is 11.3 Å². The monoisotopic (exact) mass is 372 g/mol. The molecule has 2 rings (SSSR count). The summed E-state index contributed by atoms with van der Waals surface area (Å²) in [5, 5.41) is 0.636. The molecule has 0 saturated heterocycles. The van der Waals surface area contributed by atoms with E-state index in [0.717, 1.165) is 4.90 Å². The molecule has 0 fully saturated rings. The van der Waals surface area contributed by atoms with Gasteiger partial charge in [-0.2, -0.15) is 0 Å². The van der Waals surface area contributed by atoms with Crippen LogP contribution >= 0.6 is 39.3 Å². The summed E-state index contributed by atoms with van der Waals surface area (Å²) in [6.45, 7) is 0. The van der Waals surface area contributed by atoms with Crippen LogP contribution in [0.3, 0.4) is 0 Å². The summed E-state index contributed by atoms with van der Waals surface area (Å²) in [5.74, 6) is -0.0116. The molecule has 0 aromatic heterocycles. The number of carbonyl (C=O) groups excluding carboxylic acids is 1. The molecule has 0 radical (unpaired) electrons. The lowest BCUT2D eigenvalue weighted by atomic mass is 10.1. The lowest BCUT2D eigenvalue weighted by Gasteiger charge is -2.06. The molecule has 0 N–H and O–H groups in total. The summed E-state index contributed by atoms with van der Waals surface area (Å²) < 4.78 is 13.7. The van der Waals surface area contributed by atoms with Gasteiger partial charge in [-0.3, -0.25) is 4.79 Å². The Kier molecular flexibility index (Phi) is 5.64. The SMILES string of the molecule is O=C(CSc1ccccc1Cl)Cc1cccc(F)c1Br. The minimum atomic E-state index is -0.353. The first-order valence-corrected chi connectivity index (χ1v) is 8.05. The minimum absolute atomic E-state index is 0.0289. The number of hydrogen-bond donors (Lipinski definition) is 0. The van der Waals surface area contributed by atoms with Gasteiger partial charge in [0.2, 0.25) is 0 Å². The molecular weight excluding hydrogens is 363 g/mol. The number of ketones is 1. The van der Waals surface area contributed by atoms with Crippen molar-refractivity contribution in [3.8, 4) is 0 Å². The highest BCUT2D eigenvalue weighted by molar-refractivity contribution is 9.10. The molecule has 5 heteroatoms. The third kappa shape index (κ3) is 4.08. The molecule has 0 amide bonds. The zero-order chi connectivity index (χ0) is 14.5. The number of benzene rings is 2. The Bertz CT molecular complexity index is 633. The van der Waals surface area contributed by atoms with Gasteiger partial charge in [0.1, 0.15) is 11.6 Å². The van der Waals surface area contributed by atoms with Crippen LogP contribution < -0.4 is 0 Å². The summed E-state index contributed by atoms with van der Waals surface area (Å²) in [5.41, 5.74) is 0.662. The quantitative estimate of drug-likeness (QED) is 0.675. The highest BCUT2D eigenvalue weighted by atomic mass is 79.9. The van der Waals surface area contributed by atoms with Crippen LogP contribution in [0.15, 0.2) is 51.8 Å². The third-order valence-corrected chi connectivity index (χ3v) is 5.11. The van der Waals surface area contributed by atoms with Crippen molar-refractivity contribution in [1.29, 1.82) is 0 Å². The molecule has 0 unspecified atom stereocenters. The van der Waals surface area contributed by atoms with Crippen LogP contribution in [0.1, 0.15) is 5.56 Å². The van der Waals surface area contributed by atoms with Crippen molar-refractivity contribution in [1.82, 2.24) is 0 Å². The first-order chi connectivity index (χ1) is 9.58. The zero-order valence-electron chi connectivity index (χ0n) is 10.4. The fourth-order valence-corrected chi connectivity index (χ4v) is 3.17. The van der Waals surface area contributed by atoms with Crippen molar-refractivity contribution in [3.05, 3.63) is 63.3 Å². The number of hydrogen-bond acceptors (Lipinski definition) is 2. The van der Waals surface area contributed by atoms with Gasteiger partial charge in [0.25, 0.3) is 0 Å². The third-order valence-electron chi connectivity index (χ3n) is 2.64. The predicted molar refractivity (Wildman–Crippen MR) is 85.0 cm³/mol. The molecule has 20 heavy (non-hydrogen) atoms. The average molecular weight is 374 g/mol. The van der Waals surface area contributed by atoms with E-state index in [-0.39, 0.29) is 18.0 Å². The maximum Gasteiger partial charge on any atom is 0.147 e. The van der Waals surface area contributed by atoms with E-state index >= 15 is 0 Å². The second-order valence-corrected chi connectivity index (χ2v) is 6.36. The molecular formula is C15H11BrClFOS. The standard InChI is InChI=1S/C15H11BrClFOS/c16-15-10(4-3-6-13(15)18)8-11(19)9-20-14-7-2-1-5-12(14)17/h1-7H,8-9H2. The number of halogens is 3. The Labute approximate surface area is 134 Å². The molecule has 0 atom stereocenters. The van der Waals surface area contributed by atoms with Crippen molar-refractivity contribution >= 4 is 45.1 Å². The smallest absolute Gasteiger partial charge is 0.147 e. The van der Waals surface area contributed by atoms with E-state index < -0.39 is 0 Å². The molecule has 0 heterocycles. The van der Waals surface area contributed by atoms with E-state index in [9.17, 15) is 9.18 Å². The summed E-state index contributed by atoms with van der Waals surface area (Å²) in [6, 6.07) is 12.1. The summed E-state index contributed by atoms with van der Waals surface area (Å²) in [7, 11) is 0. The molecule has 0 spiro atoms. The Morgan fingerprint density at radius 3 is 2.70 bits per heavy atom. The zero-order valence-corrected chi connectivity index (χ0v) is 13.6. The van der Waals surface area contributed by atoms with Gasteiger partial charge in [-0.15, -0.1) is 11.8 Å². The van der Waals surface area contributed by atoms with E-state index in [0.29, 0.717) is 20.8 Å². The van der Waals surface area contributed by atoms with Crippen LogP contribution in [-0.4, -0.2) is 11.5 Å². The number of Topliss-reactive ketones (excluding diaryl/α,β-unsaturated/α-hetero) is 1. The summed E-state index contributed by atoms with van der Waals surface area (Å²) in [6.07, 6.45) is 0.204. The van der Waals surface area contributed by atoms with Crippen LogP contribution in [0.25, 0.3) is 0 Å². The van der Waals surface area contributed by atoms with Crippen LogP contribution in [0.4, 0.5) is 4.39 Å². The first-order valence-electron chi connectivity index (χ1n) is 5.90. The second kappa shape index (κ2) is 7.25. The molecule has 0 aliphatic carbocycles. The topological polar surface area (TPSA) is 17.1 Å². The van der Waals surface area contributed by atoms with Crippen molar-refractivity contribution in [3.63, 3.8) is 0 Å². The predicted octanol–water partition coefficient (Wildman–Crippen LogP) is 5.15. The van der Waals surface area contributed by atoms with Gasteiger partial charge in [-0.25, -0.2) is 4.39 Å². The Morgan fingerprint density at radius 2 is 1.95 bits per heavy atom. The fraction of sp³-hybridized carbons (Fsp3) is 0.133. The van der Waals surface area contributed by atoms with Gasteiger partial charge in [-0.05, 0) is 39.7 Å². The van der Waals surface area contributed by atoms with Gasteiger partial charge >= 0.3 is 0 Å². The fourth-order valence-electron chi connectivity index (χ4n) is 1.67. The van der Waals surface area contributed by atoms with Crippen molar-refractivity contribution < 1.29 is 9.18 Å². The molecule has 0 saturated carbocycles. The van der Waals surface area contributed by atoms with E-state index in [1.54, 1.807) is 18.2 Å². The first kappa shape index (κ1) is 15.5. The molecule has 0 aliphatic rings. The second-order valence-electron chi connectivity index (χ2n) is 4.15. The van der Waals surface area contributed by atoms with Crippen molar-refractivity contribution in [2.24, 2.45) is 0 Å². The summed E-state index contributed by atoms with van der Waals surface area (Å²) in [4.78, 5) is 12.8. The van der Waals surface area contributed by atoms with Gasteiger partial charge < -0.3 is 0 Å². The van der Waals surface area contributed by atoms with Crippen molar-refractivity contribution in [2.75, 3.05) is 5.75 Å².